The van der Waals surface area contributed by atoms with Crippen LogP contribution in [0.4, 0.5) is 0 Å². The third-order valence-electron chi connectivity index (χ3n) is 2.94. The number of ether oxygens (including phenoxy) is 1. The summed E-state index contributed by atoms with van der Waals surface area (Å²) in [5.74, 6) is 0.488. The summed E-state index contributed by atoms with van der Waals surface area (Å²) in [6.45, 7) is 2.56. The third kappa shape index (κ3) is 2.59. The van der Waals surface area contributed by atoms with Gasteiger partial charge in [-0.05, 0) is 25.1 Å². The molecule has 1 amide bonds. The molecule has 0 saturated heterocycles. The van der Waals surface area contributed by atoms with Crippen LogP contribution in [0.3, 0.4) is 0 Å². The summed E-state index contributed by atoms with van der Waals surface area (Å²) >= 11 is 1.42. The zero-order valence-electron chi connectivity index (χ0n) is 11.6. The number of fused-ring (bicyclic) bond motifs is 1. The number of rotatable bonds is 3. The molecule has 0 fully saturated rings. The molecule has 0 spiro atoms. The second kappa shape index (κ2) is 5.53. The minimum Gasteiger partial charge on any atom is -0.494 e. The first-order chi connectivity index (χ1) is 10.2. The van der Waals surface area contributed by atoms with Crippen LogP contribution < -0.4 is 9.54 Å². The summed E-state index contributed by atoms with van der Waals surface area (Å²) in [5.41, 5.74) is 0.993. The SMILES string of the molecule is CCOc1ccc2c(c1)sc(=NC(=O)c1ccno1)n2C. The Labute approximate surface area is 124 Å². The molecular weight excluding hydrogens is 290 g/mol. The van der Waals surface area contributed by atoms with Gasteiger partial charge in [0, 0.05) is 13.1 Å². The van der Waals surface area contributed by atoms with Crippen molar-refractivity contribution in [2.75, 3.05) is 6.61 Å². The average molecular weight is 303 g/mol. The molecule has 0 aliphatic heterocycles. The van der Waals surface area contributed by atoms with Crippen molar-refractivity contribution < 1.29 is 14.1 Å². The van der Waals surface area contributed by atoms with Crippen molar-refractivity contribution in [2.24, 2.45) is 12.0 Å². The summed E-state index contributed by atoms with van der Waals surface area (Å²) in [4.78, 5) is 16.6. The molecule has 3 rings (SSSR count). The maximum Gasteiger partial charge on any atom is 0.318 e. The smallest absolute Gasteiger partial charge is 0.318 e. The zero-order valence-corrected chi connectivity index (χ0v) is 12.4. The Balaban J connectivity index is 2.07. The molecule has 0 aliphatic rings. The molecule has 0 aliphatic carbocycles. The van der Waals surface area contributed by atoms with E-state index in [1.54, 1.807) is 0 Å². The fourth-order valence-electron chi connectivity index (χ4n) is 1.95. The highest BCUT2D eigenvalue weighted by Crippen LogP contribution is 2.22. The zero-order chi connectivity index (χ0) is 14.8. The minimum atomic E-state index is -0.445. The normalized spacial score (nSPS) is 12.0. The maximum absolute atomic E-state index is 11.9. The molecule has 1 aromatic carbocycles. The molecule has 0 atom stereocenters. The first-order valence-electron chi connectivity index (χ1n) is 6.41. The van der Waals surface area contributed by atoms with Crippen LogP contribution in [0.15, 0.2) is 40.0 Å². The van der Waals surface area contributed by atoms with Gasteiger partial charge in [-0.2, -0.15) is 4.99 Å². The molecule has 7 heteroatoms. The standard InChI is InChI=1S/C14H13N3O3S/c1-3-19-9-4-5-10-12(8-9)21-14(17(10)2)16-13(18)11-6-7-15-20-11/h4-8H,3H2,1-2H3. The van der Waals surface area contributed by atoms with E-state index in [1.807, 2.05) is 36.7 Å². The van der Waals surface area contributed by atoms with Gasteiger partial charge in [0.25, 0.3) is 0 Å². The predicted octanol–water partition coefficient (Wildman–Crippen LogP) is 2.37. The summed E-state index contributed by atoms with van der Waals surface area (Å²) in [6.07, 6.45) is 1.42. The average Bonchev–Trinajstić information content (AvgIpc) is 3.09. The van der Waals surface area contributed by atoms with Gasteiger partial charge in [-0.3, -0.25) is 4.79 Å². The lowest BCUT2D eigenvalue weighted by Crippen LogP contribution is -2.12. The van der Waals surface area contributed by atoms with Crippen LogP contribution in [-0.4, -0.2) is 22.2 Å². The van der Waals surface area contributed by atoms with Gasteiger partial charge in [-0.1, -0.05) is 16.5 Å². The molecule has 0 N–H and O–H groups in total. The number of thiazole rings is 1. The fraction of sp³-hybridized carbons (Fsp3) is 0.214. The summed E-state index contributed by atoms with van der Waals surface area (Å²) < 4.78 is 13.2. The second-order valence-electron chi connectivity index (χ2n) is 4.30. The predicted molar refractivity (Wildman–Crippen MR) is 78.4 cm³/mol. The van der Waals surface area contributed by atoms with Gasteiger partial charge < -0.3 is 13.8 Å². The van der Waals surface area contributed by atoms with Crippen molar-refractivity contribution in [3.05, 3.63) is 41.0 Å². The van der Waals surface area contributed by atoms with E-state index in [1.165, 1.54) is 23.6 Å². The first kappa shape index (κ1) is 13.6. The van der Waals surface area contributed by atoms with Crippen molar-refractivity contribution in [1.29, 1.82) is 0 Å². The number of hydrogen-bond acceptors (Lipinski definition) is 5. The van der Waals surface area contributed by atoms with Gasteiger partial charge in [0.2, 0.25) is 5.76 Å². The molecule has 0 bridgehead atoms. The van der Waals surface area contributed by atoms with Crippen LogP contribution in [-0.2, 0) is 7.05 Å². The molecule has 6 nitrogen and oxygen atoms in total. The van der Waals surface area contributed by atoms with Crippen LogP contribution in [0.2, 0.25) is 0 Å². The highest BCUT2D eigenvalue weighted by Gasteiger charge is 2.10. The number of hydrogen-bond donors (Lipinski definition) is 0. The summed E-state index contributed by atoms with van der Waals surface area (Å²) in [7, 11) is 1.87. The molecule has 0 unspecified atom stereocenters. The third-order valence-corrected chi connectivity index (χ3v) is 4.03. The van der Waals surface area contributed by atoms with Crippen LogP contribution in [0, 0.1) is 0 Å². The van der Waals surface area contributed by atoms with Crippen molar-refractivity contribution in [2.45, 2.75) is 6.92 Å². The van der Waals surface area contributed by atoms with E-state index in [9.17, 15) is 4.79 Å². The Morgan fingerprint density at radius 1 is 1.48 bits per heavy atom. The number of carbonyl (C=O) groups excluding carboxylic acids is 1. The van der Waals surface area contributed by atoms with Crippen molar-refractivity contribution in [3.63, 3.8) is 0 Å². The summed E-state index contributed by atoms with van der Waals surface area (Å²) in [6, 6.07) is 7.29. The quantitative estimate of drug-likeness (QED) is 0.745. The first-order valence-corrected chi connectivity index (χ1v) is 7.23. The molecule has 108 valence electrons. The molecule has 2 heterocycles. The maximum atomic E-state index is 11.9. The van der Waals surface area contributed by atoms with E-state index in [2.05, 4.69) is 10.1 Å². The molecule has 0 saturated carbocycles. The van der Waals surface area contributed by atoms with E-state index < -0.39 is 5.91 Å². The topological polar surface area (TPSA) is 69.6 Å². The van der Waals surface area contributed by atoms with E-state index in [-0.39, 0.29) is 5.76 Å². The van der Waals surface area contributed by atoms with E-state index in [0.717, 1.165) is 16.0 Å². The van der Waals surface area contributed by atoms with Crippen molar-refractivity contribution in [1.82, 2.24) is 9.72 Å². The fourth-order valence-corrected chi connectivity index (χ4v) is 2.99. The number of nitrogens with zero attached hydrogens (tertiary/aromatic N) is 3. The van der Waals surface area contributed by atoms with Gasteiger partial charge in [-0.25, -0.2) is 0 Å². The van der Waals surface area contributed by atoms with Gasteiger partial charge in [0.1, 0.15) is 5.75 Å². The highest BCUT2D eigenvalue weighted by atomic mass is 32.1. The van der Waals surface area contributed by atoms with Crippen LogP contribution >= 0.6 is 11.3 Å². The Morgan fingerprint density at radius 3 is 3.05 bits per heavy atom. The van der Waals surface area contributed by atoms with E-state index >= 15 is 0 Å². The Hall–Kier alpha value is -2.41. The second-order valence-corrected chi connectivity index (χ2v) is 5.31. The minimum absolute atomic E-state index is 0.127. The van der Waals surface area contributed by atoms with Gasteiger partial charge in [-0.15, -0.1) is 0 Å². The number of amides is 1. The van der Waals surface area contributed by atoms with Crippen molar-refractivity contribution in [3.8, 4) is 5.75 Å². The molecule has 21 heavy (non-hydrogen) atoms. The van der Waals surface area contributed by atoms with Crippen LogP contribution in [0.5, 0.6) is 5.75 Å². The lowest BCUT2D eigenvalue weighted by molar-refractivity contribution is 0.0962. The number of aryl methyl sites for hydroxylation is 1. The van der Waals surface area contributed by atoms with Gasteiger partial charge in [0.15, 0.2) is 4.80 Å². The van der Waals surface area contributed by atoms with Crippen LogP contribution in [0.1, 0.15) is 17.5 Å². The Bertz CT molecular complexity index is 846. The molecule has 3 aromatic rings. The van der Waals surface area contributed by atoms with Gasteiger partial charge >= 0.3 is 5.91 Å². The monoisotopic (exact) mass is 303 g/mol. The lowest BCUT2D eigenvalue weighted by Gasteiger charge is -2.02. The van der Waals surface area contributed by atoms with E-state index in [4.69, 9.17) is 9.26 Å². The van der Waals surface area contributed by atoms with Crippen molar-refractivity contribution >= 4 is 27.5 Å². The summed E-state index contributed by atoms with van der Waals surface area (Å²) in [5, 5.41) is 3.51. The highest BCUT2D eigenvalue weighted by molar-refractivity contribution is 7.16. The largest absolute Gasteiger partial charge is 0.494 e. The number of aromatic nitrogens is 2. The van der Waals surface area contributed by atoms with E-state index in [0.29, 0.717) is 11.4 Å². The molecule has 2 aromatic heterocycles. The molecular formula is C14H13N3O3S. The van der Waals surface area contributed by atoms with Gasteiger partial charge in [0.05, 0.1) is 23.0 Å². The van der Waals surface area contributed by atoms with Crippen LogP contribution in [0.25, 0.3) is 10.2 Å². The molecule has 0 radical (unpaired) electrons. The number of benzene rings is 1. The Kier molecular flexibility index (Phi) is 3.57. The number of carbonyl (C=O) groups is 1. The lowest BCUT2D eigenvalue weighted by atomic mass is 10.3. The Morgan fingerprint density at radius 2 is 2.33 bits per heavy atom.